The number of likely N-dealkylation sites (tertiary alicyclic amines) is 1. The molecule has 3 amide bonds. The van der Waals surface area contributed by atoms with Gasteiger partial charge in [0.25, 0.3) is 0 Å². The van der Waals surface area contributed by atoms with Crippen molar-refractivity contribution in [3.05, 3.63) is 53.6 Å². The van der Waals surface area contributed by atoms with Crippen LogP contribution in [0, 0.1) is 11.3 Å². The minimum absolute atomic E-state index is 0.00224. The SMILES string of the molecule is COc1ccc(CC(=O)N2C[C@H]3c4cccc5c4OC[C@@]3(CNC(=O)CN(C(=O)C3CCOCC3)CCCO5)C2)cc1. The zero-order chi connectivity index (χ0) is 29.1. The van der Waals surface area contributed by atoms with Crippen molar-refractivity contribution < 1.29 is 33.3 Å². The molecule has 5 aliphatic heterocycles. The smallest absolute Gasteiger partial charge is 0.239 e. The van der Waals surface area contributed by atoms with Crippen LogP contribution in [0.2, 0.25) is 0 Å². The number of methoxy groups -OCH3 is 1. The van der Waals surface area contributed by atoms with E-state index < -0.39 is 5.41 Å². The van der Waals surface area contributed by atoms with Crippen LogP contribution in [0.5, 0.6) is 17.2 Å². The van der Waals surface area contributed by atoms with Gasteiger partial charge in [0.1, 0.15) is 5.75 Å². The van der Waals surface area contributed by atoms with Crippen LogP contribution >= 0.6 is 0 Å². The molecule has 0 saturated carbocycles. The first-order valence-corrected chi connectivity index (χ1v) is 14.9. The molecule has 2 atom stereocenters. The first-order valence-electron chi connectivity index (χ1n) is 14.9. The number of nitrogens with one attached hydrogen (secondary N) is 1. The van der Waals surface area contributed by atoms with Crippen molar-refractivity contribution in [1.29, 1.82) is 0 Å². The number of carbonyl (C=O) groups excluding carboxylic acids is 3. The molecule has 0 aliphatic carbocycles. The van der Waals surface area contributed by atoms with E-state index in [-0.39, 0.29) is 42.5 Å². The summed E-state index contributed by atoms with van der Waals surface area (Å²) < 4.78 is 23.2. The summed E-state index contributed by atoms with van der Waals surface area (Å²) in [6, 6.07) is 13.4. The molecule has 0 aromatic heterocycles. The number of hydrogen-bond donors (Lipinski definition) is 1. The normalized spacial score (nSPS) is 24.6. The largest absolute Gasteiger partial charge is 0.497 e. The van der Waals surface area contributed by atoms with Gasteiger partial charge in [0.05, 0.1) is 33.3 Å². The average Bonchev–Trinajstić information content (AvgIpc) is 3.42. The highest BCUT2D eigenvalue weighted by atomic mass is 16.5. The monoisotopic (exact) mass is 577 g/mol. The van der Waals surface area contributed by atoms with Crippen molar-refractivity contribution in [3.63, 3.8) is 0 Å². The molecule has 0 radical (unpaired) electrons. The third-order valence-corrected chi connectivity index (χ3v) is 9.09. The van der Waals surface area contributed by atoms with Gasteiger partial charge in [0.15, 0.2) is 11.5 Å². The number of rotatable bonds is 4. The second-order valence-corrected chi connectivity index (χ2v) is 11.8. The van der Waals surface area contributed by atoms with Crippen LogP contribution < -0.4 is 19.5 Å². The fraction of sp³-hybridized carbons (Fsp3) is 0.531. The van der Waals surface area contributed by atoms with Crippen LogP contribution in [0.25, 0.3) is 0 Å². The predicted molar refractivity (Wildman–Crippen MR) is 154 cm³/mol. The van der Waals surface area contributed by atoms with Gasteiger partial charge >= 0.3 is 0 Å². The fourth-order valence-electron chi connectivity index (χ4n) is 6.70. The number of fused-ring (bicyclic) bond motifs is 9. The Kier molecular flexibility index (Phi) is 8.24. The van der Waals surface area contributed by atoms with Gasteiger partial charge in [-0.1, -0.05) is 24.3 Å². The highest BCUT2D eigenvalue weighted by molar-refractivity contribution is 5.86. The number of nitrogens with zero attached hydrogens (tertiary/aromatic N) is 2. The zero-order valence-electron chi connectivity index (χ0n) is 24.1. The standard InChI is InChI=1S/C32H39N3O7/c1-39-24-8-6-22(7-9-24)16-29(37)35-17-26-25-4-2-5-27-30(25)42-21-32(26,20-35)19-33-28(36)18-34(12-3-13-41-27)31(38)23-10-14-40-15-11-23/h2,4-9,23,26H,3,10-21H2,1H3,(H,33,36)/t26-,32+/m0/s1. The van der Waals surface area contributed by atoms with E-state index in [4.69, 9.17) is 18.9 Å². The molecule has 0 unspecified atom stereocenters. The van der Waals surface area contributed by atoms with Crippen LogP contribution in [-0.2, 0) is 25.5 Å². The van der Waals surface area contributed by atoms with Gasteiger partial charge in [-0.15, -0.1) is 0 Å². The summed E-state index contributed by atoms with van der Waals surface area (Å²) in [7, 11) is 1.62. The minimum atomic E-state index is -0.503. The van der Waals surface area contributed by atoms with E-state index in [2.05, 4.69) is 5.32 Å². The van der Waals surface area contributed by atoms with E-state index >= 15 is 0 Å². The minimum Gasteiger partial charge on any atom is -0.497 e. The van der Waals surface area contributed by atoms with Crippen molar-refractivity contribution in [2.24, 2.45) is 11.3 Å². The van der Waals surface area contributed by atoms with Gasteiger partial charge in [-0.3, -0.25) is 14.4 Å². The molecule has 5 heterocycles. The van der Waals surface area contributed by atoms with Crippen molar-refractivity contribution in [2.75, 3.05) is 66.3 Å². The molecule has 224 valence electrons. The Balaban J connectivity index is 1.24. The lowest BCUT2D eigenvalue weighted by molar-refractivity contribution is -0.142. The Morgan fingerprint density at radius 1 is 1.05 bits per heavy atom. The van der Waals surface area contributed by atoms with Crippen molar-refractivity contribution in [3.8, 4) is 17.2 Å². The molecule has 10 heteroatoms. The van der Waals surface area contributed by atoms with Crippen molar-refractivity contribution in [1.82, 2.24) is 15.1 Å². The molecular formula is C32H39N3O7. The zero-order valence-corrected chi connectivity index (χ0v) is 24.1. The highest BCUT2D eigenvalue weighted by Gasteiger charge is 2.53. The maximum atomic E-state index is 13.5. The maximum absolute atomic E-state index is 13.5. The van der Waals surface area contributed by atoms with E-state index in [0.717, 1.165) is 16.9 Å². The van der Waals surface area contributed by atoms with E-state index in [1.54, 1.807) is 12.0 Å². The first kappa shape index (κ1) is 28.3. The fourth-order valence-corrected chi connectivity index (χ4v) is 6.70. The predicted octanol–water partition coefficient (Wildman–Crippen LogP) is 2.40. The topological polar surface area (TPSA) is 107 Å². The van der Waals surface area contributed by atoms with Crippen LogP contribution in [0.15, 0.2) is 42.5 Å². The van der Waals surface area contributed by atoms with E-state index in [0.29, 0.717) is 83.4 Å². The summed E-state index contributed by atoms with van der Waals surface area (Å²) in [6.45, 7) is 3.62. The maximum Gasteiger partial charge on any atom is 0.239 e. The molecule has 42 heavy (non-hydrogen) atoms. The van der Waals surface area contributed by atoms with Crippen LogP contribution in [-0.4, -0.2) is 93.8 Å². The van der Waals surface area contributed by atoms with Crippen LogP contribution in [0.4, 0.5) is 0 Å². The Bertz CT molecular complexity index is 1310. The number of para-hydroxylation sites is 1. The number of carbonyl (C=O) groups is 3. The Morgan fingerprint density at radius 3 is 2.64 bits per heavy atom. The number of ether oxygens (including phenoxy) is 4. The molecule has 7 rings (SSSR count). The number of hydrogen-bond acceptors (Lipinski definition) is 7. The van der Waals surface area contributed by atoms with Gasteiger partial charge in [-0.25, -0.2) is 0 Å². The van der Waals surface area contributed by atoms with Gasteiger partial charge in [-0.2, -0.15) is 0 Å². The Morgan fingerprint density at radius 2 is 1.86 bits per heavy atom. The number of amides is 3. The lowest BCUT2D eigenvalue weighted by Gasteiger charge is -2.40. The van der Waals surface area contributed by atoms with E-state index in [1.807, 2.05) is 47.4 Å². The molecule has 5 aliphatic rings. The van der Waals surface area contributed by atoms with Gasteiger partial charge in [-0.05, 0) is 43.0 Å². The molecular weight excluding hydrogens is 538 g/mol. The summed E-state index contributed by atoms with van der Waals surface area (Å²) in [4.78, 5) is 43.8. The first-order chi connectivity index (χ1) is 20.5. The number of benzene rings is 2. The molecule has 4 bridgehead atoms. The summed E-state index contributed by atoms with van der Waals surface area (Å²) >= 11 is 0. The van der Waals surface area contributed by atoms with E-state index in [9.17, 15) is 14.4 Å². The average molecular weight is 578 g/mol. The van der Waals surface area contributed by atoms with Crippen molar-refractivity contribution in [2.45, 2.75) is 31.6 Å². The van der Waals surface area contributed by atoms with Gasteiger partial charge < -0.3 is 34.1 Å². The highest BCUT2D eigenvalue weighted by Crippen LogP contribution is 2.52. The van der Waals surface area contributed by atoms with Crippen LogP contribution in [0.3, 0.4) is 0 Å². The third kappa shape index (κ3) is 5.77. The molecule has 10 nitrogen and oxygen atoms in total. The summed E-state index contributed by atoms with van der Waals surface area (Å²) in [5, 5.41) is 3.13. The molecule has 2 aromatic carbocycles. The Hall–Kier alpha value is -3.79. The summed E-state index contributed by atoms with van der Waals surface area (Å²) in [5.41, 5.74) is 1.41. The molecule has 1 spiro atoms. The summed E-state index contributed by atoms with van der Waals surface area (Å²) in [5.74, 6) is 1.79. The van der Waals surface area contributed by atoms with E-state index in [1.165, 1.54) is 0 Å². The second-order valence-electron chi connectivity index (χ2n) is 11.8. The lowest BCUT2D eigenvalue weighted by Crippen LogP contribution is -2.51. The second kappa shape index (κ2) is 12.2. The molecule has 1 N–H and O–H groups in total. The van der Waals surface area contributed by atoms with Gasteiger partial charge in [0.2, 0.25) is 17.7 Å². The summed E-state index contributed by atoms with van der Waals surface area (Å²) in [6.07, 6.45) is 2.21. The quantitative estimate of drug-likeness (QED) is 0.595. The molecule has 2 fully saturated rings. The molecule has 2 saturated heterocycles. The van der Waals surface area contributed by atoms with Crippen molar-refractivity contribution >= 4 is 17.7 Å². The third-order valence-electron chi connectivity index (χ3n) is 9.09. The van der Waals surface area contributed by atoms with Gasteiger partial charge in [0, 0.05) is 62.2 Å². The van der Waals surface area contributed by atoms with Crippen LogP contribution in [0.1, 0.15) is 36.3 Å². The molecule has 2 aromatic rings. The lowest BCUT2D eigenvalue weighted by atomic mass is 9.73. The Labute approximate surface area is 246 Å².